The molecular weight excluding hydrogens is 444 g/mol. The molecule has 0 aliphatic rings. The van der Waals surface area contributed by atoms with Crippen LogP contribution < -0.4 is 16.2 Å². The number of rotatable bonds is 7. The summed E-state index contributed by atoms with van der Waals surface area (Å²) in [6, 6.07) is 13.3. The van der Waals surface area contributed by atoms with Crippen LogP contribution in [0, 0.1) is 13.8 Å². The fourth-order valence-electron chi connectivity index (χ4n) is 2.80. The first kappa shape index (κ1) is 23.6. The van der Waals surface area contributed by atoms with Crippen LogP contribution in [0.1, 0.15) is 37.0 Å². The van der Waals surface area contributed by atoms with Crippen LogP contribution in [0.4, 0.5) is 5.69 Å². The monoisotopic (exact) mass is 466 g/mol. The van der Waals surface area contributed by atoms with Crippen LogP contribution in [-0.2, 0) is 20.7 Å². The van der Waals surface area contributed by atoms with Gasteiger partial charge in [0.2, 0.25) is 5.91 Å². The van der Waals surface area contributed by atoms with Crippen LogP contribution in [0.5, 0.6) is 0 Å². The van der Waals surface area contributed by atoms with Gasteiger partial charge < -0.3 is 10.1 Å². The number of carbonyl (C=O) groups excluding carboxylic acids is 4. The van der Waals surface area contributed by atoms with Crippen LogP contribution in [0.25, 0.3) is 0 Å². The van der Waals surface area contributed by atoms with Gasteiger partial charge in [-0.3, -0.25) is 25.2 Å². The van der Waals surface area contributed by atoms with Crippen molar-refractivity contribution in [3.05, 3.63) is 81.3 Å². The second-order valence-corrected chi connectivity index (χ2v) is 8.04. The molecule has 0 unspecified atom stereocenters. The molecule has 0 spiro atoms. The lowest BCUT2D eigenvalue weighted by atomic mass is 10.1. The van der Waals surface area contributed by atoms with Crippen LogP contribution in [0.15, 0.2) is 53.9 Å². The highest BCUT2D eigenvalue weighted by molar-refractivity contribution is 7.09. The molecule has 0 aliphatic heterocycles. The van der Waals surface area contributed by atoms with Gasteiger partial charge in [-0.05, 0) is 38.1 Å². The number of aryl methyl sites for hydroxylation is 2. The van der Waals surface area contributed by atoms with Gasteiger partial charge in [0.05, 0.1) is 17.7 Å². The fraction of sp³-hybridized carbons (Fsp3) is 0.174. The standard InChI is InChI=1S/C23H22N4O5S/c1-14-6-5-7-16(10-14)22(30)25-18-9-4-3-8-17(18)23(31)32-12-20(29)27-26-19(28)11-21-24-15(2)13-33-21/h3-10,13H,11-12H2,1-2H3,(H,25,30)(H,26,28)(H,27,29). The minimum Gasteiger partial charge on any atom is -0.452 e. The molecule has 0 atom stereocenters. The Hall–Kier alpha value is -4.05. The Morgan fingerprint density at radius 1 is 0.970 bits per heavy atom. The predicted octanol–water partition coefficient (Wildman–Crippen LogP) is 2.56. The Kier molecular flexibility index (Phi) is 7.87. The molecule has 0 bridgehead atoms. The molecule has 0 aliphatic carbocycles. The van der Waals surface area contributed by atoms with E-state index < -0.39 is 24.4 Å². The molecule has 0 fully saturated rings. The van der Waals surface area contributed by atoms with Crippen molar-refractivity contribution in [3.63, 3.8) is 0 Å². The lowest BCUT2D eigenvalue weighted by Crippen LogP contribution is -2.44. The summed E-state index contributed by atoms with van der Waals surface area (Å²) in [7, 11) is 0. The Labute approximate surface area is 194 Å². The van der Waals surface area contributed by atoms with Crippen LogP contribution in [0.3, 0.4) is 0 Å². The van der Waals surface area contributed by atoms with Crippen molar-refractivity contribution in [2.24, 2.45) is 0 Å². The van der Waals surface area contributed by atoms with E-state index in [9.17, 15) is 19.2 Å². The maximum Gasteiger partial charge on any atom is 0.340 e. The Bertz CT molecular complexity index is 1190. The normalized spacial score (nSPS) is 10.2. The molecule has 33 heavy (non-hydrogen) atoms. The summed E-state index contributed by atoms with van der Waals surface area (Å²) in [5.74, 6) is -2.34. The largest absolute Gasteiger partial charge is 0.452 e. The van der Waals surface area contributed by atoms with Crippen molar-refractivity contribution in [3.8, 4) is 0 Å². The number of esters is 1. The molecule has 0 saturated heterocycles. The topological polar surface area (TPSA) is 126 Å². The molecule has 3 rings (SSSR count). The SMILES string of the molecule is Cc1cccc(C(=O)Nc2ccccc2C(=O)OCC(=O)NNC(=O)Cc2nc(C)cs2)c1. The molecule has 10 heteroatoms. The van der Waals surface area contributed by atoms with Gasteiger partial charge >= 0.3 is 5.97 Å². The summed E-state index contributed by atoms with van der Waals surface area (Å²) >= 11 is 1.34. The fourth-order valence-corrected chi connectivity index (χ4v) is 3.57. The molecule has 3 amide bonds. The number of nitrogens with one attached hydrogen (secondary N) is 3. The number of nitrogens with zero attached hydrogens (tertiary/aromatic N) is 1. The van der Waals surface area contributed by atoms with E-state index in [0.29, 0.717) is 10.6 Å². The highest BCUT2D eigenvalue weighted by atomic mass is 32.1. The number of anilines is 1. The lowest BCUT2D eigenvalue weighted by Gasteiger charge is -2.11. The Morgan fingerprint density at radius 2 is 1.73 bits per heavy atom. The smallest absolute Gasteiger partial charge is 0.340 e. The number of thiazole rings is 1. The second-order valence-electron chi connectivity index (χ2n) is 7.10. The van der Waals surface area contributed by atoms with E-state index in [0.717, 1.165) is 11.3 Å². The van der Waals surface area contributed by atoms with E-state index in [-0.39, 0.29) is 23.6 Å². The summed E-state index contributed by atoms with van der Waals surface area (Å²) in [6.07, 6.45) is 0.0204. The van der Waals surface area contributed by atoms with Crippen LogP contribution in [0.2, 0.25) is 0 Å². The lowest BCUT2D eigenvalue weighted by molar-refractivity contribution is -0.130. The van der Waals surface area contributed by atoms with Gasteiger partial charge in [-0.1, -0.05) is 29.8 Å². The highest BCUT2D eigenvalue weighted by Gasteiger charge is 2.17. The van der Waals surface area contributed by atoms with E-state index in [4.69, 9.17) is 4.74 Å². The predicted molar refractivity (Wildman–Crippen MR) is 123 cm³/mol. The third-order valence-electron chi connectivity index (χ3n) is 4.33. The Balaban J connectivity index is 1.51. The van der Waals surface area contributed by atoms with E-state index >= 15 is 0 Å². The second kappa shape index (κ2) is 11.0. The van der Waals surface area contributed by atoms with Gasteiger partial charge in [-0.2, -0.15) is 0 Å². The first-order valence-corrected chi connectivity index (χ1v) is 10.8. The van der Waals surface area contributed by atoms with Crippen molar-refractivity contribution in [2.45, 2.75) is 20.3 Å². The molecule has 1 aromatic heterocycles. The van der Waals surface area contributed by atoms with E-state index in [1.165, 1.54) is 17.4 Å². The zero-order valence-corrected chi connectivity index (χ0v) is 18.8. The van der Waals surface area contributed by atoms with Crippen LogP contribution in [-0.4, -0.2) is 35.3 Å². The van der Waals surface area contributed by atoms with Gasteiger partial charge in [-0.25, -0.2) is 9.78 Å². The van der Waals surface area contributed by atoms with E-state index in [1.54, 1.807) is 36.4 Å². The molecule has 1 heterocycles. The maximum absolute atomic E-state index is 12.5. The number of amides is 3. The summed E-state index contributed by atoms with van der Waals surface area (Å²) < 4.78 is 5.03. The average Bonchev–Trinajstić information content (AvgIpc) is 3.20. The van der Waals surface area contributed by atoms with Gasteiger partial charge in [0.1, 0.15) is 5.01 Å². The van der Waals surface area contributed by atoms with E-state index in [1.807, 2.05) is 25.3 Å². The summed E-state index contributed by atoms with van der Waals surface area (Å²) in [4.78, 5) is 53.0. The minimum absolute atomic E-state index is 0.0204. The van der Waals surface area contributed by atoms with Crippen molar-refractivity contribution < 1.29 is 23.9 Å². The number of aromatic nitrogens is 1. The first-order chi connectivity index (χ1) is 15.8. The summed E-state index contributed by atoms with van der Waals surface area (Å²) in [6.45, 7) is 3.07. The van der Waals surface area contributed by atoms with Crippen LogP contribution >= 0.6 is 11.3 Å². The molecule has 0 radical (unpaired) electrons. The molecular formula is C23H22N4O5S. The molecule has 9 nitrogen and oxygen atoms in total. The molecule has 0 saturated carbocycles. The zero-order chi connectivity index (χ0) is 23.8. The molecule has 170 valence electrons. The number of hydrogen-bond acceptors (Lipinski definition) is 7. The molecule has 3 aromatic rings. The van der Waals surface area contributed by atoms with Gasteiger partial charge in [-0.15, -0.1) is 11.3 Å². The van der Waals surface area contributed by atoms with Crippen molar-refractivity contribution in [1.82, 2.24) is 15.8 Å². The minimum atomic E-state index is -0.796. The number of carbonyl (C=O) groups is 4. The molecule has 2 aromatic carbocycles. The van der Waals surface area contributed by atoms with Gasteiger partial charge in [0, 0.05) is 16.6 Å². The highest BCUT2D eigenvalue weighted by Crippen LogP contribution is 2.18. The quantitative estimate of drug-likeness (QED) is 0.363. The third-order valence-corrected chi connectivity index (χ3v) is 5.30. The molecule has 3 N–H and O–H groups in total. The van der Waals surface area contributed by atoms with E-state index in [2.05, 4.69) is 21.2 Å². The summed E-state index contributed by atoms with van der Waals surface area (Å²) in [5.41, 5.74) is 6.95. The Morgan fingerprint density at radius 3 is 2.45 bits per heavy atom. The first-order valence-electron chi connectivity index (χ1n) is 9.94. The van der Waals surface area contributed by atoms with Gasteiger partial charge in [0.15, 0.2) is 6.61 Å². The maximum atomic E-state index is 12.5. The number of ether oxygens (including phenoxy) is 1. The van der Waals surface area contributed by atoms with Crippen molar-refractivity contribution in [1.29, 1.82) is 0 Å². The zero-order valence-electron chi connectivity index (χ0n) is 18.0. The summed E-state index contributed by atoms with van der Waals surface area (Å²) in [5, 5.41) is 5.13. The number of benzene rings is 2. The average molecular weight is 467 g/mol. The van der Waals surface area contributed by atoms with Gasteiger partial charge in [0.25, 0.3) is 11.8 Å². The number of hydrogen-bond donors (Lipinski definition) is 3. The van der Waals surface area contributed by atoms with Crippen molar-refractivity contribution >= 4 is 40.7 Å². The van der Waals surface area contributed by atoms with Crippen molar-refractivity contribution in [2.75, 3.05) is 11.9 Å². The number of para-hydroxylation sites is 1. The third kappa shape index (κ3) is 6.97. The number of hydrazine groups is 1.